The van der Waals surface area contributed by atoms with Crippen LogP contribution in [0.25, 0.3) is 0 Å². The molecular formula is C15H22ClNO. The third kappa shape index (κ3) is 3.17. The molecule has 3 heteroatoms. The lowest BCUT2D eigenvalue weighted by Crippen LogP contribution is -2.04. The summed E-state index contributed by atoms with van der Waals surface area (Å²) in [5, 5.41) is 0.373. The molecule has 1 fully saturated rings. The topological polar surface area (TPSA) is 22.1 Å². The van der Waals surface area contributed by atoms with Crippen molar-refractivity contribution in [3.63, 3.8) is 0 Å². The summed E-state index contributed by atoms with van der Waals surface area (Å²) in [7, 11) is 1.72. The van der Waals surface area contributed by atoms with Gasteiger partial charge in [0.05, 0.1) is 7.11 Å². The molecule has 0 N–H and O–H groups in total. The van der Waals surface area contributed by atoms with E-state index >= 15 is 0 Å². The fourth-order valence-electron chi connectivity index (χ4n) is 2.48. The van der Waals surface area contributed by atoms with E-state index in [0.29, 0.717) is 5.38 Å². The molecule has 0 saturated heterocycles. The summed E-state index contributed by atoms with van der Waals surface area (Å²) in [5.41, 5.74) is 3.43. The van der Waals surface area contributed by atoms with Crippen molar-refractivity contribution < 1.29 is 4.74 Å². The van der Waals surface area contributed by atoms with E-state index in [2.05, 4.69) is 11.9 Å². The first-order valence-electron chi connectivity index (χ1n) is 6.76. The van der Waals surface area contributed by atoms with Crippen molar-refractivity contribution in [2.45, 2.75) is 51.3 Å². The second kappa shape index (κ2) is 5.92. The van der Waals surface area contributed by atoms with E-state index in [-0.39, 0.29) is 0 Å². The molecule has 0 amide bonds. The zero-order valence-electron chi connectivity index (χ0n) is 11.5. The summed E-state index contributed by atoms with van der Waals surface area (Å²) in [6, 6.07) is 0. The number of ether oxygens (including phenoxy) is 1. The molecular weight excluding hydrogens is 246 g/mol. The molecule has 2 rings (SSSR count). The number of hydrogen-bond donors (Lipinski definition) is 0. The van der Waals surface area contributed by atoms with Crippen LogP contribution in [0.15, 0.2) is 6.20 Å². The molecule has 0 spiro atoms. The summed E-state index contributed by atoms with van der Waals surface area (Å²) in [5.74, 6) is 1.76. The second-order valence-electron chi connectivity index (χ2n) is 5.29. The monoisotopic (exact) mass is 267 g/mol. The second-order valence-corrected chi connectivity index (χ2v) is 5.85. The summed E-state index contributed by atoms with van der Waals surface area (Å²) >= 11 is 6.32. The third-order valence-corrected chi connectivity index (χ3v) is 4.35. The van der Waals surface area contributed by atoms with E-state index in [1.165, 1.54) is 18.4 Å². The average molecular weight is 268 g/mol. The number of rotatable bonds is 6. The summed E-state index contributed by atoms with van der Waals surface area (Å²) in [6.07, 6.45) is 7.76. The Labute approximate surface area is 115 Å². The van der Waals surface area contributed by atoms with Crippen LogP contribution in [0.2, 0.25) is 0 Å². The van der Waals surface area contributed by atoms with Gasteiger partial charge in [-0.15, -0.1) is 11.6 Å². The number of nitrogens with zero attached hydrogens (tertiary/aromatic N) is 1. The molecule has 0 aromatic carbocycles. The fraction of sp³-hybridized carbons (Fsp3) is 0.667. The van der Waals surface area contributed by atoms with Gasteiger partial charge in [-0.05, 0) is 51.9 Å². The van der Waals surface area contributed by atoms with Gasteiger partial charge >= 0.3 is 0 Å². The van der Waals surface area contributed by atoms with Gasteiger partial charge in [-0.2, -0.15) is 0 Å². The van der Waals surface area contributed by atoms with E-state index in [0.717, 1.165) is 42.2 Å². The van der Waals surface area contributed by atoms with Gasteiger partial charge in [0.25, 0.3) is 0 Å². The molecule has 2 nitrogen and oxygen atoms in total. The summed E-state index contributed by atoms with van der Waals surface area (Å²) in [6.45, 7) is 4.12. The summed E-state index contributed by atoms with van der Waals surface area (Å²) < 4.78 is 5.43. The highest BCUT2D eigenvalue weighted by Crippen LogP contribution is 2.38. The number of aromatic nitrogens is 1. The van der Waals surface area contributed by atoms with Crippen LogP contribution in [0.3, 0.4) is 0 Å². The average Bonchev–Trinajstić information content (AvgIpc) is 3.16. The van der Waals surface area contributed by atoms with Crippen molar-refractivity contribution in [2.24, 2.45) is 5.92 Å². The smallest absolute Gasteiger partial charge is 0.128 e. The van der Waals surface area contributed by atoms with Gasteiger partial charge in [0.1, 0.15) is 5.75 Å². The van der Waals surface area contributed by atoms with Gasteiger partial charge in [-0.1, -0.05) is 0 Å². The first kappa shape index (κ1) is 13.7. The van der Waals surface area contributed by atoms with Gasteiger partial charge < -0.3 is 4.74 Å². The molecule has 1 saturated carbocycles. The van der Waals surface area contributed by atoms with Crippen LogP contribution in [0.5, 0.6) is 5.75 Å². The number of pyridine rings is 1. The van der Waals surface area contributed by atoms with Crippen LogP contribution in [0.4, 0.5) is 0 Å². The zero-order chi connectivity index (χ0) is 13.1. The number of alkyl halides is 1. The minimum Gasteiger partial charge on any atom is -0.496 e. The minimum atomic E-state index is 0.373. The Morgan fingerprint density at radius 3 is 2.78 bits per heavy atom. The van der Waals surface area contributed by atoms with Gasteiger partial charge in [0.2, 0.25) is 0 Å². The molecule has 0 radical (unpaired) electrons. The van der Waals surface area contributed by atoms with Gasteiger partial charge in [0, 0.05) is 28.4 Å². The molecule has 0 bridgehead atoms. The van der Waals surface area contributed by atoms with Gasteiger partial charge in [0.15, 0.2) is 0 Å². The molecule has 0 aliphatic heterocycles. The quantitative estimate of drug-likeness (QED) is 0.726. The highest BCUT2D eigenvalue weighted by molar-refractivity contribution is 6.20. The van der Waals surface area contributed by atoms with Crippen LogP contribution in [-0.4, -0.2) is 17.5 Å². The Kier molecular flexibility index (Phi) is 4.50. The number of methoxy groups -OCH3 is 1. The first-order chi connectivity index (χ1) is 8.63. The fourth-order valence-corrected chi connectivity index (χ4v) is 2.89. The molecule has 1 aliphatic rings. The molecule has 1 aromatic rings. The van der Waals surface area contributed by atoms with E-state index in [4.69, 9.17) is 16.3 Å². The standard InChI is InChI=1S/C15H22ClNO/c1-10-9-17-14(11(2)15(10)18-3)6-4-5-13(16)12-7-8-12/h9,12-13H,4-8H2,1-3H3. The van der Waals surface area contributed by atoms with Crippen molar-refractivity contribution in [1.29, 1.82) is 0 Å². The summed E-state index contributed by atoms with van der Waals surface area (Å²) in [4.78, 5) is 4.52. The lowest BCUT2D eigenvalue weighted by Gasteiger charge is -2.13. The molecule has 100 valence electrons. The van der Waals surface area contributed by atoms with Crippen molar-refractivity contribution in [3.05, 3.63) is 23.0 Å². The van der Waals surface area contributed by atoms with E-state index < -0.39 is 0 Å². The zero-order valence-corrected chi connectivity index (χ0v) is 12.3. The van der Waals surface area contributed by atoms with Crippen LogP contribution < -0.4 is 4.74 Å². The molecule has 1 aromatic heterocycles. The van der Waals surface area contributed by atoms with Crippen molar-refractivity contribution in [2.75, 3.05) is 7.11 Å². The Morgan fingerprint density at radius 2 is 2.17 bits per heavy atom. The Hall–Kier alpha value is -0.760. The SMILES string of the molecule is COc1c(C)cnc(CCCC(Cl)C2CC2)c1C. The third-order valence-electron chi connectivity index (χ3n) is 3.78. The van der Waals surface area contributed by atoms with Crippen LogP contribution in [-0.2, 0) is 6.42 Å². The normalized spacial score (nSPS) is 16.7. The molecule has 18 heavy (non-hydrogen) atoms. The van der Waals surface area contributed by atoms with E-state index in [9.17, 15) is 0 Å². The van der Waals surface area contributed by atoms with Gasteiger partial charge in [-0.3, -0.25) is 4.98 Å². The van der Waals surface area contributed by atoms with Gasteiger partial charge in [-0.25, -0.2) is 0 Å². The van der Waals surface area contributed by atoms with E-state index in [1.807, 2.05) is 13.1 Å². The maximum Gasteiger partial charge on any atom is 0.128 e. The Morgan fingerprint density at radius 1 is 1.44 bits per heavy atom. The number of aryl methyl sites for hydroxylation is 2. The molecule has 1 aliphatic carbocycles. The molecule has 1 atom stereocenters. The Balaban J connectivity index is 1.92. The molecule has 1 heterocycles. The van der Waals surface area contributed by atoms with Crippen molar-refractivity contribution in [3.8, 4) is 5.75 Å². The minimum absolute atomic E-state index is 0.373. The maximum absolute atomic E-state index is 6.32. The lowest BCUT2D eigenvalue weighted by molar-refractivity contribution is 0.406. The highest BCUT2D eigenvalue weighted by atomic mass is 35.5. The van der Waals surface area contributed by atoms with Crippen LogP contribution >= 0.6 is 11.6 Å². The predicted molar refractivity (Wildman–Crippen MR) is 75.6 cm³/mol. The van der Waals surface area contributed by atoms with Crippen LogP contribution in [0.1, 0.15) is 42.5 Å². The lowest BCUT2D eigenvalue weighted by atomic mass is 10.0. The number of halogens is 1. The first-order valence-corrected chi connectivity index (χ1v) is 7.20. The predicted octanol–water partition coefficient (Wildman–Crippen LogP) is 4.05. The number of hydrogen-bond acceptors (Lipinski definition) is 2. The van der Waals surface area contributed by atoms with Crippen molar-refractivity contribution in [1.82, 2.24) is 4.98 Å². The van der Waals surface area contributed by atoms with E-state index in [1.54, 1.807) is 7.11 Å². The highest BCUT2D eigenvalue weighted by Gasteiger charge is 2.29. The Bertz CT molecular complexity index is 415. The largest absolute Gasteiger partial charge is 0.496 e. The van der Waals surface area contributed by atoms with Crippen LogP contribution in [0, 0.1) is 19.8 Å². The van der Waals surface area contributed by atoms with Crippen molar-refractivity contribution >= 4 is 11.6 Å². The molecule has 1 unspecified atom stereocenters. The maximum atomic E-state index is 6.32.